The van der Waals surface area contributed by atoms with Crippen molar-refractivity contribution < 1.29 is 93.1 Å². The van der Waals surface area contributed by atoms with Crippen LogP contribution in [0.5, 0.6) is 0 Å². The monoisotopic (exact) mass is 588 g/mol. The molecule has 16 heteroatoms. The van der Waals surface area contributed by atoms with Crippen molar-refractivity contribution in [3.63, 3.8) is 0 Å². The molecular formula is C14H18Fe3N2O9P2+2. The van der Waals surface area contributed by atoms with Gasteiger partial charge in [0.1, 0.15) is 0 Å². The molecule has 0 aliphatic rings. The molecule has 2 atom stereocenters. The topological polar surface area (TPSA) is 186 Å². The second-order valence-electron chi connectivity index (χ2n) is 2.13. The first-order valence-corrected chi connectivity index (χ1v) is 6.31. The number of hydrogen-bond donors (Lipinski definition) is 0. The third-order valence-corrected chi connectivity index (χ3v) is 0.949. The average molecular weight is 588 g/mol. The molecule has 0 saturated heterocycles. The fraction of sp³-hybridized carbons (Fsp3) is 0.286. The normalized spacial score (nSPS) is 3.60. The van der Waals surface area contributed by atoms with E-state index in [4.69, 9.17) is 41.9 Å². The molecule has 0 saturated carbocycles. The zero-order chi connectivity index (χ0) is 25.9. The first-order valence-electron chi connectivity index (χ1n) is 4.52. The van der Waals surface area contributed by atoms with Crippen molar-refractivity contribution in [2.45, 2.75) is 0 Å². The minimum atomic E-state index is 0. The van der Waals surface area contributed by atoms with Crippen LogP contribution in [0.3, 0.4) is 0 Å². The van der Waals surface area contributed by atoms with Crippen molar-refractivity contribution in [2.24, 2.45) is 0 Å². The standard InChI is InChI=1S/C3H8NP.C2H8NP.9CO.3Fe/c1-4(2)5-3;1-3(2)4;9*1-2;;;/h3H2,1-2H3;4H2,1-2H3;;;;;;;;;;;;/p+2. The van der Waals surface area contributed by atoms with Crippen molar-refractivity contribution in [3.05, 3.63) is 59.9 Å². The largest absolute Gasteiger partial charge is 0 e. The minimum Gasteiger partial charge on any atom is 0 e. The molecule has 0 radical (unpaired) electrons. The van der Waals surface area contributed by atoms with Crippen LogP contribution >= 0.6 is 17.7 Å². The summed E-state index contributed by atoms with van der Waals surface area (Å²) in [6.45, 7) is 40.5. The van der Waals surface area contributed by atoms with E-state index < -0.39 is 0 Å². The fourth-order valence-electron chi connectivity index (χ4n) is 0. The molecule has 0 heterocycles. The summed E-state index contributed by atoms with van der Waals surface area (Å²) in [6, 6.07) is 0. The van der Waals surface area contributed by atoms with Gasteiger partial charge in [-0.3, -0.25) is 0 Å². The molecule has 0 fully saturated rings. The molecule has 0 spiro atoms. The van der Waals surface area contributed by atoms with Crippen LogP contribution in [0.25, 0.3) is 0 Å². The van der Waals surface area contributed by atoms with Gasteiger partial charge < -0.3 is 0 Å². The van der Waals surface area contributed by atoms with Crippen LogP contribution in [-0.4, -0.2) is 43.8 Å². The van der Waals surface area contributed by atoms with Crippen molar-refractivity contribution in [1.29, 1.82) is 0 Å². The Labute approximate surface area is 213 Å². The van der Waals surface area contributed by atoms with Crippen LogP contribution < -0.4 is 0 Å². The van der Waals surface area contributed by atoms with E-state index in [1.165, 1.54) is 0 Å². The summed E-state index contributed by atoms with van der Waals surface area (Å²) in [7, 11) is 10.6. The van der Waals surface area contributed by atoms with Gasteiger partial charge in [-0.2, -0.15) is 4.67 Å². The minimum absolute atomic E-state index is 0. The number of hydrogen-bond acceptors (Lipinski definition) is 2. The van der Waals surface area contributed by atoms with Crippen molar-refractivity contribution in [1.82, 2.24) is 9.34 Å². The Hall–Kier alpha value is -0.262. The maximum atomic E-state index is 7.50. The Morgan fingerprint density at radius 2 is 0.533 bits per heavy atom. The third-order valence-electron chi connectivity index (χ3n) is 0.316. The molecule has 0 N–H and O–H groups in total. The maximum absolute atomic E-state index is 7.50. The first kappa shape index (κ1) is 99.2. The van der Waals surface area contributed by atoms with E-state index in [0.29, 0.717) is 8.35 Å². The summed E-state index contributed by atoms with van der Waals surface area (Å²) >= 11 is 0. The third kappa shape index (κ3) is 6560. The number of nitrogens with zero attached hydrogens (tertiary/aromatic N) is 2. The van der Waals surface area contributed by atoms with Gasteiger partial charge in [0, 0.05) is 88.8 Å². The van der Waals surface area contributed by atoms with Crippen molar-refractivity contribution in [3.8, 4) is 0 Å². The smallest absolute Gasteiger partial charge is 0 e. The molecule has 0 aromatic rings. The summed E-state index contributed by atoms with van der Waals surface area (Å²) in [6.07, 6.45) is 3.64. The molecule has 0 rings (SSSR count). The van der Waals surface area contributed by atoms with E-state index in [-0.39, 0.29) is 51.2 Å². The zero-order valence-electron chi connectivity index (χ0n) is 16.0. The van der Waals surface area contributed by atoms with Crippen LogP contribution in [0.1, 0.15) is 0 Å². The van der Waals surface area contributed by atoms with Gasteiger partial charge in [0.05, 0.1) is 6.30 Å². The van der Waals surface area contributed by atoms with Gasteiger partial charge >= 0.3 is 102 Å². The summed E-state index contributed by atoms with van der Waals surface area (Å²) < 4.78 is 71.6. The molecule has 0 aliphatic heterocycles. The summed E-state index contributed by atoms with van der Waals surface area (Å²) in [5, 5.41) is 0. The quantitative estimate of drug-likeness (QED) is 0.185. The predicted octanol–water partition coefficient (Wildman–Crippen LogP) is 0.299. The van der Waals surface area contributed by atoms with Crippen molar-refractivity contribution >= 4 is 24.0 Å². The van der Waals surface area contributed by atoms with E-state index in [9.17, 15) is 0 Å². The van der Waals surface area contributed by atoms with E-state index in [1.54, 1.807) is 0 Å². The van der Waals surface area contributed by atoms with Gasteiger partial charge in [-0.15, -0.1) is 4.67 Å². The fourth-order valence-corrected chi connectivity index (χ4v) is 0. The van der Waals surface area contributed by atoms with E-state index >= 15 is 0 Å². The molecule has 2 unspecified atom stereocenters. The molecular weight excluding hydrogens is 570 g/mol. The second kappa shape index (κ2) is 487. The second-order valence-corrected chi connectivity index (χ2v) is 4.61. The SMILES string of the molecule is C=[PH+]N(C)C.CN(C)[PH3+].[C-]#[O+].[C-]#[O+].[C-]#[O+].[C-]#[O+].[C-]#[O+].[C-]#[O+].[C-]#[O+].[C-]#[O+].[C-]#[O+].[Fe].[Fe].[Fe]. The Morgan fingerprint density at radius 1 is 0.500 bits per heavy atom. The van der Waals surface area contributed by atoms with Crippen LogP contribution in [0.4, 0.5) is 0 Å². The van der Waals surface area contributed by atoms with E-state index in [2.05, 4.69) is 66.2 Å². The van der Waals surface area contributed by atoms with Crippen molar-refractivity contribution in [2.75, 3.05) is 28.2 Å². The van der Waals surface area contributed by atoms with Gasteiger partial charge in [-0.25, -0.2) is 0 Å². The van der Waals surface area contributed by atoms with Crippen LogP contribution in [-0.2, 0) is 93.1 Å². The van der Waals surface area contributed by atoms with Crippen LogP contribution in [0.15, 0.2) is 0 Å². The predicted molar refractivity (Wildman–Crippen MR) is 89.3 cm³/mol. The number of rotatable bonds is 1. The summed E-state index contributed by atoms with van der Waals surface area (Å²) in [5.41, 5.74) is 0. The molecule has 170 valence electrons. The molecule has 30 heavy (non-hydrogen) atoms. The molecule has 0 bridgehead atoms. The van der Waals surface area contributed by atoms with Gasteiger partial charge in [0.2, 0.25) is 0 Å². The Kier molecular flexibility index (Phi) is 1610. The summed E-state index contributed by atoms with van der Waals surface area (Å²) in [4.78, 5) is 0. The molecule has 0 aromatic carbocycles. The Bertz CT molecular complexity index is 292. The Balaban J connectivity index is -0.00000000796. The van der Waals surface area contributed by atoms with Gasteiger partial charge in [-0.05, 0) is 0 Å². The maximum Gasteiger partial charge on any atom is 0 e. The molecule has 11 nitrogen and oxygen atoms in total. The average Bonchev–Trinajstić information content (AvgIpc) is 2.80. The van der Waals surface area contributed by atoms with Gasteiger partial charge in [0.15, 0.2) is 8.35 Å². The molecule has 0 amide bonds. The Morgan fingerprint density at radius 3 is 0.533 bits per heavy atom. The first-order chi connectivity index (χ1) is 13.0. The molecule has 0 aromatic heterocycles. The van der Waals surface area contributed by atoms with Gasteiger partial charge in [0.25, 0.3) is 0 Å². The molecule has 0 aliphatic carbocycles. The van der Waals surface area contributed by atoms with Crippen LogP contribution in [0.2, 0.25) is 0 Å². The van der Waals surface area contributed by atoms with Gasteiger partial charge in [-0.1, -0.05) is 0 Å². The van der Waals surface area contributed by atoms with E-state index in [1.807, 2.05) is 46.9 Å². The van der Waals surface area contributed by atoms with E-state index in [0.717, 1.165) is 0 Å². The zero-order valence-corrected chi connectivity index (χ0v) is 21.8. The van der Waals surface area contributed by atoms with Crippen LogP contribution in [0, 0.1) is 59.9 Å². The summed E-state index contributed by atoms with van der Waals surface area (Å²) in [5.74, 6) is 0.